The summed E-state index contributed by atoms with van der Waals surface area (Å²) in [6.45, 7) is 0.144. The molecular weight excluding hydrogens is 331 g/mol. The van der Waals surface area contributed by atoms with E-state index in [1.165, 1.54) is 25.4 Å². The van der Waals surface area contributed by atoms with Crippen LogP contribution in [0.4, 0.5) is 4.39 Å². The summed E-state index contributed by atoms with van der Waals surface area (Å²) < 4.78 is 30.2. The zero-order chi connectivity index (χ0) is 18.0. The predicted octanol–water partition coefficient (Wildman–Crippen LogP) is 1.56. The van der Waals surface area contributed by atoms with Gasteiger partial charge in [-0.2, -0.15) is 5.26 Å². The maximum Gasteiger partial charge on any atom is 0.339 e. The molecule has 1 aromatic heterocycles. The number of benzene rings is 1. The molecule has 0 aliphatic carbocycles. The molecule has 0 unspecified atom stereocenters. The third-order valence-corrected chi connectivity index (χ3v) is 3.72. The summed E-state index contributed by atoms with van der Waals surface area (Å²) >= 11 is 0. The quantitative estimate of drug-likeness (QED) is 0.785. The van der Waals surface area contributed by atoms with E-state index in [2.05, 4.69) is 4.74 Å². The summed E-state index contributed by atoms with van der Waals surface area (Å²) in [5.74, 6) is -0.752. The minimum Gasteiger partial charge on any atom is -0.467 e. The van der Waals surface area contributed by atoms with Gasteiger partial charge in [0, 0.05) is 17.3 Å². The number of rotatable bonds is 3. The van der Waals surface area contributed by atoms with E-state index in [4.69, 9.17) is 14.7 Å². The fourth-order valence-corrected chi connectivity index (χ4v) is 2.62. The number of pyridine rings is 1. The Morgan fingerprint density at radius 3 is 2.96 bits per heavy atom. The van der Waals surface area contributed by atoms with Gasteiger partial charge in [-0.15, -0.1) is 0 Å². The fraction of sp³-hybridized carbons (Fsp3) is 0.235. The van der Waals surface area contributed by atoms with Crippen LogP contribution in [0, 0.1) is 17.1 Å². The monoisotopic (exact) mass is 344 g/mol. The van der Waals surface area contributed by atoms with Crippen LogP contribution >= 0.6 is 0 Å². The summed E-state index contributed by atoms with van der Waals surface area (Å²) in [5, 5.41) is 9.11. The lowest BCUT2D eigenvalue weighted by atomic mass is 10.1. The van der Waals surface area contributed by atoms with Crippen molar-refractivity contribution < 1.29 is 23.4 Å². The Kier molecular flexibility index (Phi) is 4.50. The van der Waals surface area contributed by atoms with E-state index in [1.54, 1.807) is 6.07 Å². The van der Waals surface area contributed by atoms with Crippen LogP contribution in [0.1, 0.15) is 27.0 Å². The summed E-state index contributed by atoms with van der Waals surface area (Å²) in [6, 6.07) is 5.45. The standard InChI is InChI=1S/C17H13FN2O5/c1-23-17(22)12-2-10(5-19)16(21)20(7-12)6-11-3-14(18)4-13-8-24-9-25-15(11)13/h2-4,7H,6,8-9H2,1H3. The van der Waals surface area contributed by atoms with Gasteiger partial charge in [0.1, 0.15) is 23.2 Å². The van der Waals surface area contributed by atoms with Gasteiger partial charge in [-0.1, -0.05) is 0 Å². The number of ether oxygens (including phenoxy) is 3. The molecule has 1 aromatic carbocycles. The molecule has 128 valence electrons. The van der Waals surface area contributed by atoms with Gasteiger partial charge in [0.2, 0.25) is 0 Å². The third kappa shape index (κ3) is 3.22. The number of nitrogens with zero attached hydrogens (tertiary/aromatic N) is 2. The molecule has 3 rings (SSSR count). The van der Waals surface area contributed by atoms with Crippen LogP contribution < -0.4 is 10.3 Å². The van der Waals surface area contributed by atoms with Crippen LogP contribution in [-0.4, -0.2) is 24.4 Å². The summed E-state index contributed by atoms with van der Waals surface area (Å²) in [4.78, 5) is 24.1. The van der Waals surface area contributed by atoms with Crippen molar-refractivity contribution in [2.75, 3.05) is 13.9 Å². The Hall–Kier alpha value is -3.18. The van der Waals surface area contributed by atoms with Crippen LogP contribution in [0.15, 0.2) is 29.2 Å². The van der Waals surface area contributed by atoms with Crippen LogP contribution in [0.3, 0.4) is 0 Å². The normalized spacial score (nSPS) is 12.7. The summed E-state index contributed by atoms with van der Waals surface area (Å²) in [7, 11) is 1.20. The number of nitriles is 1. The lowest BCUT2D eigenvalue weighted by Crippen LogP contribution is -2.25. The third-order valence-electron chi connectivity index (χ3n) is 3.72. The second-order valence-electron chi connectivity index (χ2n) is 5.34. The van der Waals surface area contributed by atoms with E-state index in [-0.39, 0.29) is 31.1 Å². The van der Waals surface area contributed by atoms with Crippen molar-refractivity contribution in [3.8, 4) is 11.8 Å². The van der Waals surface area contributed by atoms with E-state index in [9.17, 15) is 14.0 Å². The first-order valence-electron chi connectivity index (χ1n) is 7.28. The molecule has 0 spiro atoms. The van der Waals surface area contributed by atoms with Crippen molar-refractivity contribution in [2.45, 2.75) is 13.2 Å². The molecule has 0 N–H and O–H groups in total. The van der Waals surface area contributed by atoms with Gasteiger partial charge >= 0.3 is 5.97 Å². The van der Waals surface area contributed by atoms with Crippen molar-refractivity contribution in [3.05, 3.63) is 62.8 Å². The Balaban J connectivity index is 2.10. The molecule has 2 heterocycles. The fourth-order valence-electron chi connectivity index (χ4n) is 2.62. The number of hydrogen-bond acceptors (Lipinski definition) is 6. The average Bonchev–Trinajstić information content (AvgIpc) is 2.62. The van der Waals surface area contributed by atoms with Gasteiger partial charge in [0.25, 0.3) is 5.56 Å². The first kappa shape index (κ1) is 16.7. The first-order chi connectivity index (χ1) is 12.0. The van der Waals surface area contributed by atoms with Gasteiger partial charge in [-0.05, 0) is 18.2 Å². The zero-order valence-electron chi connectivity index (χ0n) is 13.2. The topological polar surface area (TPSA) is 90.6 Å². The number of aromatic nitrogens is 1. The van der Waals surface area contributed by atoms with E-state index < -0.39 is 17.3 Å². The van der Waals surface area contributed by atoms with Gasteiger partial charge < -0.3 is 18.8 Å². The maximum atomic E-state index is 13.8. The lowest BCUT2D eigenvalue weighted by molar-refractivity contribution is -0.0173. The molecule has 0 saturated carbocycles. The highest BCUT2D eigenvalue weighted by Crippen LogP contribution is 2.29. The molecule has 1 aliphatic heterocycles. The SMILES string of the molecule is COC(=O)c1cc(C#N)c(=O)n(Cc2cc(F)cc3c2OCOC3)c1. The van der Waals surface area contributed by atoms with Crippen molar-refractivity contribution in [1.82, 2.24) is 4.57 Å². The van der Waals surface area contributed by atoms with Gasteiger partial charge in [-0.25, -0.2) is 9.18 Å². The van der Waals surface area contributed by atoms with Crippen molar-refractivity contribution in [2.24, 2.45) is 0 Å². The molecule has 2 aromatic rings. The summed E-state index contributed by atoms with van der Waals surface area (Å²) in [5.41, 5.74) is 0.177. The van der Waals surface area contributed by atoms with Crippen LogP contribution in [-0.2, 0) is 22.6 Å². The molecule has 0 bridgehead atoms. The largest absolute Gasteiger partial charge is 0.467 e. The predicted molar refractivity (Wildman–Crippen MR) is 82.5 cm³/mol. The van der Waals surface area contributed by atoms with Gasteiger partial charge in [0.05, 0.1) is 25.8 Å². The number of fused-ring (bicyclic) bond motifs is 1. The van der Waals surface area contributed by atoms with Crippen LogP contribution in [0.2, 0.25) is 0 Å². The number of methoxy groups -OCH3 is 1. The van der Waals surface area contributed by atoms with E-state index in [0.717, 1.165) is 10.6 Å². The average molecular weight is 344 g/mol. The van der Waals surface area contributed by atoms with Crippen LogP contribution in [0.5, 0.6) is 5.75 Å². The Labute approximate surface area is 141 Å². The Morgan fingerprint density at radius 2 is 2.24 bits per heavy atom. The zero-order valence-corrected chi connectivity index (χ0v) is 13.2. The maximum absolute atomic E-state index is 13.8. The van der Waals surface area contributed by atoms with Crippen LogP contribution in [0.25, 0.3) is 0 Å². The highest BCUT2D eigenvalue weighted by Gasteiger charge is 2.19. The molecule has 0 amide bonds. The number of hydrogen-bond donors (Lipinski definition) is 0. The summed E-state index contributed by atoms with van der Waals surface area (Å²) in [6.07, 6.45) is 1.27. The highest BCUT2D eigenvalue weighted by molar-refractivity contribution is 5.89. The number of halogens is 1. The molecule has 7 nitrogen and oxygen atoms in total. The van der Waals surface area contributed by atoms with E-state index >= 15 is 0 Å². The molecule has 0 atom stereocenters. The van der Waals surface area contributed by atoms with Crippen molar-refractivity contribution >= 4 is 5.97 Å². The lowest BCUT2D eigenvalue weighted by Gasteiger charge is -2.21. The molecule has 1 aliphatic rings. The van der Waals surface area contributed by atoms with Crippen molar-refractivity contribution in [1.29, 1.82) is 5.26 Å². The molecule has 8 heteroatoms. The molecule has 25 heavy (non-hydrogen) atoms. The van der Waals surface area contributed by atoms with Gasteiger partial charge in [-0.3, -0.25) is 4.79 Å². The number of esters is 1. The van der Waals surface area contributed by atoms with E-state index in [0.29, 0.717) is 16.9 Å². The molecular formula is C17H13FN2O5. The molecule has 0 saturated heterocycles. The Morgan fingerprint density at radius 1 is 1.44 bits per heavy atom. The second-order valence-corrected chi connectivity index (χ2v) is 5.34. The van der Waals surface area contributed by atoms with E-state index in [1.807, 2.05) is 0 Å². The first-order valence-corrected chi connectivity index (χ1v) is 7.28. The molecule has 0 radical (unpaired) electrons. The minimum atomic E-state index is -0.684. The number of carbonyl (C=O) groups excluding carboxylic acids is 1. The smallest absolute Gasteiger partial charge is 0.339 e. The van der Waals surface area contributed by atoms with Crippen molar-refractivity contribution in [3.63, 3.8) is 0 Å². The highest BCUT2D eigenvalue weighted by atomic mass is 19.1. The van der Waals surface area contributed by atoms with Gasteiger partial charge in [0.15, 0.2) is 6.79 Å². The number of carbonyl (C=O) groups is 1. The Bertz CT molecular complexity index is 945. The molecule has 0 fully saturated rings. The minimum absolute atomic E-state index is 0.0200. The second kappa shape index (κ2) is 6.75.